The molecule has 0 atom stereocenters. The molecule has 0 radical (unpaired) electrons. The van der Waals surface area contributed by atoms with Gasteiger partial charge in [0.1, 0.15) is 0 Å². The van der Waals surface area contributed by atoms with Crippen LogP contribution in [0.3, 0.4) is 0 Å². The fourth-order valence-electron chi connectivity index (χ4n) is 4.48. The van der Waals surface area contributed by atoms with E-state index in [4.69, 9.17) is 0 Å². The van der Waals surface area contributed by atoms with Crippen molar-refractivity contribution in [1.82, 2.24) is 0 Å². The van der Waals surface area contributed by atoms with Crippen LogP contribution >= 0.6 is 15.7 Å². The van der Waals surface area contributed by atoms with Crippen LogP contribution in [0, 0.1) is 41.5 Å². The first-order valence-electron chi connectivity index (χ1n) is 9.84. The van der Waals surface area contributed by atoms with Crippen LogP contribution in [0.1, 0.15) is 33.4 Å². The largest absolute Gasteiger partial charge is 0.139 e. The van der Waals surface area contributed by atoms with E-state index in [1.165, 1.54) is 58.0 Å². The summed E-state index contributed by atoms with van der Waals surface area (Å²) >= 11 is 0. The highest BCUT2D eigenvalue weighted by molar-refractivity contribution is 7.82. The van der Waals surface area contributed by atoms with Gasteiger partial charge in [-0.05, 0) is 59.7 Å². The fourth-order valence-corrected chi connectivity index (χ4v) is 9.92. The molecule has 0 spiro atoms. The minimum atomic E-state index is -0.435. The highest BCUT2D eigenvalue weighted by atomic mass is 31.1. The topological polar surface area (TPSA) is 0 Å². The van der Waals surface area contributed by atoms with Crippen molar-refractivity contribution < 1.29 is 0 Å². The second-order valence-corrected chi connectivity index (χ2v) is 11.9. The quantitative estimate of drug-likeness (QED) is 0.300. The summed E-state index contributed by atoms with van der Waals surface area (Å²) in [6.07, 6.45) is 0. The molecule has 0 aliphatic carbocycles. The maximum Gasteiger partial charge on any atom is -0.0145 e. The molecule has 0 aliphatic heterocycles. The molecule has 0 aliphatic rings. The van der Waals surface area contributed by atoms with Gasteiger partial charge in [0.05, 0.1) is 0 Å². The number of hydrogen-bond donors (Lipinski definition) is 0. The van der Waals surface area contributed by atoms with Crippen LogP contribution in [0.5, 0.6) is 0 Å². The van der Waals surface area contributed by atoms with E-state index in [2.05, 4.69) is 96.1 Å². The van der Waals surface area contributed by atoms with E-state index in [1.807, 2.05) is 0 Å². The Morgan fingerprint density at radius 3 is 1.71 bits per heavy atom. The molecule has 4 rings (SSSR count). The summed E-state index contributed by atoms with van der Waals surface area (Å²) in [4.78, 5) is 0. The summed E-state index contributed by atoms with van der Waals surface area (Å²) in [6.45, 7) is 13.5. The van der Waals surface area contributed by atoms with Gasteiger partial charge in [-0.25, -0.2) is 0 Å². The monoisotopic (exact) mass is 401 g/mol. The Hall–Kier alpha value is -2.00. The number of hydrogen-bond acceptors (Lipinski definition) is 0. The smallest absolute Gasteiger partial charge is 0.0145 e. The molecule has 1 aromatic heterocycles. The van der Waals surface area contributed by atoms with Crippen LogP contribution in [0.15, 0.2) is 54.6 Å². The first-order chi connectivity index (χ1) is 13.4. The third-order valence-corrected chi connectivity index (χ3v) is 10.2. The first kappa shape index (κ1) is 19.3. The maximum atomic E-state index is 2.34. The van der Waals surface area contributed by atoms with Crippen LogP contribution in [0.4, 0.5) is 0 Å². The van der Waals surface area contributed by atoms with Gasteiger partial charge >= 0.3 is 0 Å². The van der Waals surface area contributed by atoms with E-state index in [1.54, 1.807) is 10.1 Å². The molecule has 0 bridgehead atoms. The van der Waals surface area contributed by atoms with Crippen LogP contribution in [0.2, 0.25) is 0 Å². The Labute approximate surface area is 171 Å². The van der Waals surface area contributed by atoms with Gasteiger partial charge in [-0.3, -0.25) is 0 Å². The lowest BCUT2D eigenvalue weighted by Crippen LogP contribution is -1.93. The average molecular weight is 401 g/mol. The van der Waals surface area contributed by atoms with Crippen molar-refractivity contribution in [3.05, 3.63) is 88.0 Å². The van der Waals surface area contributed by atoms with Gasteiger partial charge in [-0.15, -0.1) is 32.4 Å². The summed E-state index contributed by atoms with van der Waals surface area (Å²) in [5, 5.41) is 4.70. The van der Waals surface area contributed by atoms with E-state index in [0.29, 0.717) is 0 Å². The van der Waals surface area contributed by atoms with Crippen molar-refractivity contribution in [3.63, 3.8) is 0 Å². The summed E-state index contributed by atoms with van der Waals surface area (Å²) in [6, 6.07) is 20.5. The Morgan fingerprint density at radius 2 is 1.18 bits per heavy atom. The van der Waals surface area contributed by atoms with Crippen LogP contribution in [0.25, 0.3) is 26.5 Å². The van der Waals surface area contributed by atoms with E-state index < -0.39 is 7.53 Å². The van der Waals surface area contributed by atoms with Crippen molar-refractivity contribution in [2.45, 2.75) is 41.5 Å². The Morgan fingerprint density at radius 1 is 0.679 bits per heavy atom. The highest BCUT2D eigenvalue weighted by Gasteiger charge is 2.19. The zero-order valence-corrected chi connectivity index (χ0v) is 19.4. The molecule has 142 valence electrons. The third kappa shape index (κ3) is 3.30. The summed E-state index contributed by atoms with van der Waals surface area (Å²) in [7, 11) is 0.974. The van der Waals surface area contributed by atoms with Crippen molar-refractivity contribution in [2.75, 3.05) is 0 Å². The fraction of sp³-hybridized carbons (Fsp3) is 0.231. The number of rotatable bonds is 3. The molecule has 0 nitrogen and oxygen atoms in total. The third-order valence-electron chi connectivity index (χ3n) is 5.45. The molecule has 3 aromatic carbocycles. The zero-order valence-electron chi connectivity index (χ0n) is 17.6. The molecule has 1 heterocycles. The molecule has 2 heteroatoms. The van der Waals surface area contributed by atoms with Crippen molar-refractivity contribution in [2.24, 2.45) is 0 Å². The van der Waals surface area contributed by atoms with Gasteiger partial charge in [-0.1, -0.05) is 79.6 Å². The predicted octanol–water partition coefficient (Wildman–Crippen LogP) is 9.15. The van der Waals surface area contributed by atoms with Crippen LogP contribution in [-0.4, -0.2) is 0 Å². The number of benzene rings is 3. The Kier molecular flexibility index (Phi) is 5.13. The van der Waals surface area contributed by atoms with Gasteiger partial charge in [0, 0.05) is 0 Å². The molecule has 0 saturated heterocycles. The molecule has 0 fully saturated rings. The second-order valence-electron chi connectivity index (χ2n) is 7.98. The van der Waals surface area contributed by atoms with E-state index in [9.17, 15) is 0 Å². The maximum absolute atomic E-state index is 2.34. The standard InChI is InChI=1S/C26H27P2/c1-16-12-18(3)23(19(4)13-16)25-27-26(28(25)22-10-8-7-9-11-22)24-20(5)14-17(2)15-21(24)6/h7-15H,1-6H3/q-1. The van der Waals surface area contributed by atoms with Gasteiger partial charge in [0.15, 0.2) is 0 Å². The summed E-state index contributed by atoms with van der Waals surface area (Å²) < 4.78 is 0. The Balaban J connectivity index is 1.99. The van der Waals surface area contributed by atoms with Gasteiger partial charge in [-0.2, -0.15) is 0 Å². The van der Waals surface area contributed by atoms with Gasteiger partial charge < -0.3 is 0 Å². The predicted molar refractivity (Wildman–Crippen MR) is 128 cm³/mol. The molecule has 0 N–H and O–H groups in total. The minimum absolute atomic E-state index is 0.435. The molecule has 28 heavy (non-hydrogen) atoms. The lowest BCUT2D eigenvalue weighted by Gasteiger charge is -2.31. The second kappa shape index (κ2) is 7.44. The normalized spacial score (nSPS) is 12.1. The van der Waals surface area contributed by atoms with Gasteiger partial charge in [0.2, 0.25) is 0 Å². The molecule has 4 aromatic rings. The minimum Gasteiger partial charge on any atom is -0.139 e. The van der Waals surface area contributed by atoms with E-state index >= 15 is 0 Å². The van der Waals surface area contributed by atoms with Crippen molar-refractivity contribution in [1.29, 1.82) is 0 Å². The molecule has 0 amide bonds. The van der Waals surface area contributed by atoms with E-state index in [0.717, 1.165) is 0 Å². The van der Waals surface area contributed by atoms with Gasteiger partial charge in [0.25, 0.3) is 0 Å². The lowest BCUT2D eigenvalue weighted by molar-refractivity contribution is 1.33. The van der Waals surface area contributed by atoms with Crippen LogP contribution in [-0.2, 0) is 0 Å². The molecular formula is C26H27P2-. The van der Waals surface area contributed by atoms with Crippen LogP contribution < -0.4 is 0 Å². The molecule has 0 saturated carbocycles. The summed E-state index contributed by atoms with van der Waals surface area (Å²) in [5.41, 5.74) is 11.4. The highest BCUT2D eigenvalue weighted by Crippen LogP contribution is 2.68. The van der Waals surface area contributed by atoms with E-state index in [-0.39, 0.29) is 0 Å². The SMILES string of the molecule is Cc1cc(C)c(-c2p[c-](-c3c(C)cc(C)cc3C)p2-c2ccccc2)c(C)c1. The Bertz CT molecular complexity index is 1040. The zero-order chi connectivity index (χ0) is 20.0. The first-order valence-corrected chi connectivity index (χ1v) is 12.1. The molecule has 0 unspecified atom stereocenters. The van der Waals surface area contributed by atoms with Crippen molar-refractivity contribution in [3.8, 4) is 26.5 Å². The lowest BCUT2D eigenvalue weighted by atomic mass is 10.0. The molecular weight excluding hydrogens is 374 g/mol. The number of aryl methyl sites for hydroxylation is 6. The average Bonchev–Trinajstić information content (AvgIpc) is 2.58. The van der Waals surface area contributed by atoms with Crippen molar-refractivity contribution >= 4 is 15.7 Å². The summed E-state index contributed by atoms with van der Waals surface area (Å²) in [5.74, 6) is 0.